The average molecular weight is 334 g/mol. The van der Waals surface area contributed by atoms with Gasteiger partial charge < -0.3 is 14.7 Å². The average Bonchev–Trinajstić information content (AvgIpc) is 3.25. The van der Waals surface area contributed by atoms with Gasteiger partial charge in [-0.15, -0.1) is 11.3 Å². The maximum absolute atomic E-state index is 11.8. The fourth-order valence-electron chi connectivity index (χ4n) is 2.65. The number of H-pyrrole nitrogens is 1. The third-order valence-corrected chi connectivity index (χ3v) is 4.39. The molecule has 116 valence electrons. The van der Waals surface area contributed by atoms with Gasteiger partial charge in [-0.05, 0) is 18.2 Å². The summed E-state index contributed by atoms with van der Waals surface area (Å²) in [4.78, 5) is 18.6. The van der Waals surface area contributed by atoms with Gasteiger partial charge in [0.15, 0.2) is 11.3 Å². The predicted molar refractivity (Wildman–Crippen MR) is 91.4 cm³/mol. The van der Waals surface area contributed by atoms with Crippen molar-refractivity contribution in [2.45, 2.75) is 0 Å². The van der Waals surface area contributed by atoms with Crippen LogP contribution in [0, 0.1) is 11.3 Å². The standard InChI is InChI=1S/C17H10N4O2S/c18-7-12-16(22)15-13(20-17(12)23)5-6-21(15)11-3-1-10(2-4-11)14-8-24-9-19-14/h1-6,8-9H,(H2,20,22,23). The summed E-state index contributed by atoms with van der Waals surface area (Å²) < 4.78 is 1.73. The first kappa shape index (κ1) is 14.2. The Kier molecular flexibility index (Phi) is 3.18. The van der Waals surface area contributed by atoms with Crippen LogP contribution in [0.5, 0.6) is 5.75 Å². The number of thiazole rings is 1. The summed E-state index contributed by atoms with van der Waals surface area (Å²) in [5, 5.41) is 21.3. The molecule has 3 heterocycles. The summed E-state index contributed by atoms with van der Waals surface area (Å²) in [7, 11) is 0. The van der Waals surface area contributed by atoms with Crippen LogP contribution in [0.1, 0.15) is 5.56 Å². The largest absolute Gasteiger partial charge is 0.504 e. The Morgan fingerprint density at radius 3 is 2.71 bits per heavy atom. The molecule has 0 aliphatic heterocycles. The van der Waals surface area contributed by atoms with Crippen LogP contribution in [-0.2, 0) is 0 Å². The molecule has 1 aromatic carbocycles. The van der Waals surface area contributed by atoms with Crippen molar-refractivity contribution in [2.75, 3.05) is 0 Å². The molecule has 0 spiro atoms. The molecule has 0 amide bonds. The van der Waals surface area contributed by atoms with Crippen LogP contribution >= 0.6 is 11.3 Å². The number of fused-ring (bicyclic) bond motifs is 1. The van der Waals surface area contributed by atoms with E-state index in [-0.39, 0.29) is 11.3 Å². The second kappa shape index (κ2) is 5.37. The van der Waals surface area contributed by atoms with E-state index in [0.29, 0.717) is 11.0 Å². The molecule has 0 aliphatic rings. The molecule has 0 fully saturated rings. The van der Waals surface area contributed by atoms with Gasteiger partial charge in [-0.25, -0.2) is 4.98 Å². The lowest BCUT2D eigenvalue weighted by atomic mass is 10.1. The minimum Gasteiger partial charge on any atom is -0.504 e. The fraction of sp³-hybridized carbons (Fsp3) is 0. The maximum atomic E-state index is 11.8. The lowest BCUT2D eigenvalue weighted by molar-refractivity contribution is 0.476. The number of pyridine rings is 1. The van der Waals surface area contributed by atoms with Crippen molar-refractivity contribution in [3.8, 4) is 28.8 Å². The number of nitrogens with zero attached hydrogens (tertiary/aromatic N) is 3. The van der Waals surface area contributed by atoms with E-state index in [1.807, 2.05) is 29.6 Å². The van der Waals surface area contributed by atoms with Crippen LogP contribution in [0.2, 0.25) is 0 Å². The number of benzene rings is 1. The van der Waals surface area contributed by atoms with Crippen molar-refractivity contribution in [3.63, 3.8) is 0 Å². The Labute approximate surface area is 139 Å². The van der Waals surface area contributed by atoms with Crippen LogP contribution in [0.15, 0.2) is 52.2 Å². The highest BCUT2D eigenvalue weighted by atomic mass is 32.1. The molecule has 0 bridgehead atoms. The molecule has 4 rings (SSSR count). The minimum atomic E-state index is -0.598. The minimum absolute atomic E-state index is 0.290. The smallest absolute Gasteiger partial charge is 0.270 e. The Morgan fingerprint density at radius 2 is 2.04 bits per heavy atom. The quantitative estimate of drug-likeness (QED) is 0.589. The van der Waals surface area contributed by atoms with E-state index in [9.17, 15) is 9.90 Å². The van der Waals surface area contributed by atoms with Crippen LogP contribution in [0.4, 0.5) is 0 Å². The number of rotatable bonds is 2. The number of hydrogen-bond acceptors (Lipinski definition) is 5. The lowest BCUT2D eigenvalue weighted by Crippen LogP contribution is -2.10. The number of aromatic hydroxyl groups is 1. The Balaban J connectivity index is 1.88. The van der Waals surface area contributed by atoms with E-state index in [4.69, 9.17) is 5.26 Å². The zero-order chi connectivity index (χ0) is 16.7. The molecule has 0 saturated heterocycles. The van der Waals surface area contributed by atoms with Crippen LogP contribution < -0.4 is 5.56 Å². The first-order valence-corrected chi connectivity index (χ1v) is 7.98. The number of hydrogen-bond donors (Lipinski definition) is 2. The third-order valence-electron chi connectivity index (χ3n) is 3.81. The van der Waals surface area contributed by atoms with Crippen molar-refractivity contribution in [1.29, 1.82) is 5.26 Å². The van der Waals surface area contributed by atoms with Gasteiger partial charge in [-0.3, -0.25) is 4.79 Å². The van der Waals surface area contributed by atoms with Crippen molar-refractivity contribution >= 4 is 22.4 Å². The van der Waals surface area contributed by atoms with E-state index in [1.54, 1.807) is 28.4 Å². The molecule has 0 radical (unpaired) electrons. The van der Waals surface area contributed by atoms with Crippen LogP contribution in [0.25, 0.3) is 28.0 Å². The first-order chi connectivity index (χ1) is 11.7. The molecule has 3 aromatic heterocycles. The summed E-state index contributed by atoms with van der Waals surface area (Å²) >= 11 is 1.53. The van der Waals surface area contributed by atoms with Crippen LogP contribution in [0.3, 0.4) is 0 Å². The third kappa shape index (κ3) is 2.09. The summed E-state index contributed by atoms with van der Waals surface area (Å²) in [6, 6.07) is 11.1. The molecular formula is C17H10N4O2S. The number of aromatic nitrogens is 3. The van der Waals surface area contributed by atoms with Crippen molar-refractivity contribution in [3.05, 3.63) is 63.3 Å². The predicted octanol–water partition coefficient (Wildman–Crippen LogP) is 3.02. The monoisotopic (exact) mass is 334 g/mol. The molecule has 0 aliphatic carbocycles. The highest BCUT2D eigenvalue weighted by molar-refractivity contribution is 7.07. The highest BCUT2D eigenvalue weighted by Crippen LogP contribution is 2.29. The van der Waals surface area contributed by atoms with E-state index < -0.39 is 5.56 Å². The van der Waals surface area contributed by atoms with Crippen molar-refractivity contribution < 1.29 is 5.11 Å². The van der Waals surface area contributed by atoms with Gasteiger partial charge in [-0.1, -0.05) is 12.1 Å². The number of aromatic amines is 1. The molecule has 0 atom stereocenters. The van der Waals surface area contributed by atoms with Gasteiger partial charge in [0.25, 0.3) is 5.56 Å². The molecular weight excluding hydrogens is 324 g/mol. The van der Waals surface area contributed by atoms with Gasteiger partial charge in [0, 0.05) is 22.8 Å². The summed E-state index contributed by atoms with van der Waals surface area (Å²) in [6.45, 7) is 0. The summed E-state index contributed by atoms with van der Waals surface area (Å²) in [6.07, 6.45) is 1.74. The Morgan fingerprint density at radius 1 is 1.25 bits per heavy atom. The SMILES string of the molecule is N#Cc1c(O)c2c(ccn2-c2ccc(-c3cscn3)cc2)[nH]c1=O. The van der Waals surface area contributed by atoms with E-state index in [2.05, 4.69) is 9.97 Å². The van der Waals surface area contributed by atoms with E-state index in [0.717, 1.165) is 16.9 Å². The van der Waals surface area contributed by atoms with Gasteiger partial charge >= 0.3 is 0 Å². The lowest BCUT2D eigenvalue weighted by Gasteiger charge is -2.08. The second-order valence-corrected chi connectivity index (χ2v) is 5.88. The maximum Gasteiger partial charge on any atom is 0.270 e. The van der Waals surface area contributed by atoms with Gasteiger partial charge in [0.05, 0.1) is 16.7 Å². The molecule has 0 saturated carbocycles. The van der Waals surface area contributed by atoms with Gasteiger partial charge in [0.1, 0.15) is 11.6 Å². The Hall–Kier alpha value is -3.37. The Bertz CT molecular complexity index is 1130. The van der Waals surface area contributed by atoms with Crippen molar-refractivity contribution in [2.24, 2.45) is 0 Å². The highest BCUT2D eigenvalue weighted by Gasteiger charge is 2.15. The molecule has 6 nitrogen and oxygen atoms in total. The van der Waals surface area contributed by atoms with E-state index in [1.165, 1.54) is 11.3 Å². The summed E-state index contributed by atoms with van der Waals surface area (Å²) in [5.41, 5.74) is 4.46. The van der Waals surface area contributed by atoms with Crippen LogP contribution in [-0.4, -0.2) is 19.6 Å². The number of nitrogens with one attached hydrogen (secondary N) is 1. The topological polar surface area (TPSA) is 94.7 Å². The van der Waals surface area contributed by atoms with E-state index >= 15 is 0 Å². The molecule has 2 N–H and O–H groups in total. The van der Waals surface area contributed by atoms with Gasteiger partial charge in [0.2, 0.25) is 0 Å². The normalized spacial score (nSPS) is 10.8. The molecule has 4 aromatic rings. The number of nitriles is 1. The second-order valence-electron chi connectivity index (χ2n) is 5.16. The fourth-order valence-corrected chi connectivity index (χ4v) is 3.21. The molecule has 24 heavy (non-hydrogen) atoms. The van der Waals surface area contributed by atoms with Gasteiger partial charge in [-0.2, -0.15) is 5.26 Å². The molecule has 0 unspecified atom stereocenters. The first-order valence-electron chi connectivity index (χ1n) is 7.04. The van der Waals surface area contributed by atoms with Crippen molar-refractivity contribution in [1.82, 2.24) is 14.5 Å². The zero-order valence-electron chi connectivity index (χ0n) is 12.2. The summed E-state index contributed by atoms with van der Waals surface area (Å²) in [5.74, 6) is -0.315. The zero-order valence-corrected chi connectivity index (χ0v) is 13.0. The molecule has 7 heteroatoms.